The summed E-state index contributed by atoms with van der Waals surface area (Å²) in [6.45, 7) is 7.29. The number of carbonyl (C=O) groups excluding carboxylic acids is 1. The van der Waals surface area contributed by atoms with E-state index >= 15 is 0 Å². The van der Waals surface area contributed by atoms with E-state index in [1.807, 2.05) is 4.90 Å². The van der Waals surface area contributed by atoms with Crippen LogP contribution in [0.3, 0.4) is 0 Å². The Hall–Kier alpha value is -3.91. The molecule has 1 N–H and O–H groups in total. The van der Waals surface area contributed by atoms with Gasteiger partial charge in [-0.05, 0) is 58.0 Å². The molecule has 2 fully saturated rings. The minimum absolute atomic E-state index is 0.0115. The number of ether oxygens (including phenoxy) is 1. The topological polar surface area (TPSA) is 109 Å². The molecule has 3 aliphatic rings. The van der Waals surface area contributed by atoms with E-state index in [9.17, 15) is 19.6 Å². The third-order valence-corrected chi connectivity index (χ3v) is 9.17. The summed E-state index contributed by atoms with van der Waals surface area (Å²) < 4.78 is 21.5. The number of phenols is 1. The van der Waals surface area contributed by atoms with Crippen LogP contribution in [0, 0.1) is 22.6 Å². The first-order chi connectivity index (χ1) is 21.2. The van der Waals surface area contributed by atoms with Gasteiger partial charge in [0.2, 0.25) is 5.91 Å². The van der Waals surface area contributed by atoms with Crippen LogP contribution < -0.4 is 14.5 Å². The van der Waals surface area contributed by atoms with Gasteiger partial charge in [-0.2, -0.15) is 15.2 Å². The molecule has 1 saturated carbocycles. The number of benzene rings is 1. The highest BCUT2D eigenvalue weighted by molar-refractivity contribution is 5.87. The van der Waals surface area contributed by atoms with Crippen LogP contribution in [0.1, 0.15) is 56.2 Å². The molecule has 1 aromatic carbocycles. The van der Waals surface area contributed by atoms with E-state index in [0.717, 1.165) is 36.5 Å². The van der Waals surface area contributed by atoms with Crippen molar-refractivity contribution in [2.75, 3.05) is 63.2 Å². The molecule has 0 spiro atoms. The van der Waals surface area contributed by atoms with Crippen molar-refractivity contribution in [1.82, 2.24) is 19.8 Å². The normalized spacial score (nSPS) is 20.1. The number of para-hydroxylation sites is 1. The van der Waals surface area contributed by atoms with Crippen molar-refractivity contribution in [3.05, 3.63) is 47.9 Å². The van der Waals surface area contributed by atoms with E-state index in [1.54, 1.807) is 4.90 Å². The number of fused-ring (bicyclic) bond motifs is 1. The van der Waals surface area contributed by atoms with Crippen molar-refractivity contribution in [3.8, 4) is 17.8 Å². The quantitative estimate of drug-likeness (QED) is 0.419. The highest BCUT2D eigenvalue weighted by atomic mass is 19.1. The maximum absolute atomic E-state index is 15.0. The molecule has 2 aliphatic heterocycles. The smallest absolute Gasteiger partial charge is 0.318 e. The number of amides is 1. The molecule has 5 rings (SSSR count). The van der Waals surface area contributed by atoms with Gasteiger partial charge in [-0.1, -0.05) is 31.9 Å². The van der Waals surface area contributed by atoms with Crippen molar-refractivity contribution >= 4 is 17.4 Å². The zero-order valence-electron chi connectivity index (χ0n) is 26.0. The van der Waals surface area contributed by atoms with E-state index in [-0.39, 0.29) is 47.8 Å². The van der Waals surface area contributed by atoms with Crippen molar-refractivity contribution in [2.45, 2.75) is 64.0 Å². The predicted molar refractivity (Wildman–Crippen MR) is 167 cm³/mol. The lowest BCUT2D eigenvalue weighted by Gasteiger charge is -2.41. The molecule has 0 radical (unpaired) electrons. The number of rotatable bonds is 9. The Bertz CT molecular complexity index is 1370. The minimum Gasteiger partial charge on any atom is -0.506 e. The van der Waals surface area contributed by atoms with Gasteiger partial charge in [-0.3, -0.25) is 4.79 Å². The molecular weight excluding hydrogens is 561 g/mol. The summed E-state index contributed by atoms with van der Waals surface area (Å²) in [5.74, 6) is -0.0352. The molecule has 2 aromatic rings. The molecular formula is C33H44FN7O3. The Morgan fingerprint density at radius 1 is 1.20 bits per heavy atom. The Labute approximate surface area is 259 Å². The van der Waals surface area contributed by atoms with E-state index in [0.29, 0.717) is 45.6 Å². The standard InChI is InChI=1S/C33H44FN7O3/c1-4-29(43)41-19-18-40(20-24(41)13-16-35)31-25-10-9-17-39(30-26(34)11-8-12-28(30)42)21-27(25)36-32(37-31)44-23-33(22-38(2)3)14-6-5-7-15-33/h4,8,11-12,24,42H,1,5-7,9-10,13-15,17-23H2,2-3H3/t24-/m0/s1. The molecule has 1 atom stereocenters. The summed E-state index contributed by atoms with van der Waals surface area (Å²) in [5, 5.41) is 20.1. The van der Waals surface area contributed by atoms with Gasteiger partial charge >= 0.3 is 6.01 Å². The molecule has 1 aromatic heterocycles. The van der Waals surface area contributed by atoms with E-state index < -0.39 is 5.82 Å². The van der Waals surface area contributed by atoms with Crippen LogP contribution in [-0.2, 0) is 17.8 Å². The Morgan fingerprint density at radius 3 is 2.70 bits per heavy atom. The Kier molecular flexibility index (Phi) is 9.89. The average molecular weight is 606 g/mol. The number of hydrogen-bond donors (Lipinski definition) is 1. The van der Waals surface area contributed by atoms with Gasteiger partial charge in [0.25, 0.3) is 0 Å². The number of aromatic hydroxyl groups is 1. The zero-order chi connectivity index (χ0) is 31.3. The molecule has 11 heteroatoms. The fourth-order valence-corrected chi connectivity index (χ4v) is 7.20. The van der Waals surface area contributed by atoms with Gasteiger partial charge in [0.15, 0.2) is 0 Å². The van der Waals surface area contributed by atoms with Gasteiger partial charge in [0.05, 0.1) is 37.4 Å². The van der Waals surface area contributed by atoms with Crippen molar-refractivity contribution in [1.29, 1.82) is 5.26 Å². The van der Waals surface area contributed by atoms with Crippen LogP contribution >= 0.6 is 0 Å². The molecule has 3 heterocycles. The second-order valence-electron chi connectivity index (χ2n) is 12.7. The summed E-state index contributed by atoms with van der Waals surface area (Å²) in [6.07, 6.45) is 8.60. The fourth-order valence-electron chi connectivity index (χ4n) is 7.20. The Balaban J connectivity index is 1.51. The maximum atomic E-state index is 15.0. The van der Waals surface area contributed by atoms with E-state index in [1.165, 1.54) is 43.5 Å². The third-order valence-electron chi connectivity index (χ3n) is 9.17. The fraction of sp³-hybridized carbons (Fsp3) is 0.576. The highest BCUT2D eigenvalue weighted by Crippen LogP contribution is 2.39. The van der Waals surface area contributed by atoms with Crippen molar-refractivity contribution in [3.63, 3.8) is 0 Å². The average Bonchev–Trinajstić information content (AvgIpc) is 3.22. The van der Waals surface area contributed by atoms with Gasteiger partial charge in [-0.15, -0.1) is 0 Å². The van der Waals surface area contributed by atoms with Crippen LogP contribution in [0.15, 0.2) is 30.9 Å². The molecule has 1 saturated heterocycles. The summed E-state index contributed by atoms with van der Waals surface area (Å²) in [4.78, 5) is 30.4. The Morgan fingerprint density at radius 2 is 2.00 bits per heavy atom. The van der Waals surface area contributed by atoms with Crippen molar-refractivity contribution < 1.29 is 19.0 Å². The molecule has 44 heavy (non-hydrogen) atoms. The number of phenolic OH excluding ortho intramolecular Hbond substituents is 1. The van der Waals surface area contributed by atoms with Crippen LogP contribution in [0.25, 0.3) is 0 Å². The number of nitriles is 1. The number of aromatic nitrogens is 2. The number of anilines is 2. The molecule has 10 nitrogen and oxygen atoms in total. The number of hydrogen-bond acceptors (Lipinski definition) is 9. The van der Waals surface area contributed by atoms with Crippen LogP contribution in [-0.4, -0.2) is 90.2 Å². The molecule has 0 unspecified atom stereocenters. The lowest BCUT2D eigenvalue weighted by molar-refractivity contribution is -0.128. The minimum atomic E-state index is -0.482. The monoisotopic (exact) mass is 605 g/mol. The first-order valence-electron chi connectivity index (χ1n) is 15.7. The lowest BCUT2D eigenvalue weighted by Crippen LogP contribution is -2.55. The lowest BCUT2D eigenvalue weighted by atomic mass is 9.74. The second-order valence-corrected chi connectivity index (χ2v) is 12.7. The van der Waals surface area contributed by atoms with Crippen LogP contribution in [0.5, 0.6) is 11.8 Å². The summed E-state index contributed by atoms with van der Waals surface area (Å²) >= 11 is 0. The number of carbonyl (C=O) groups is 1. The SMILES string of the molecule is C=CC(=O)N1CCN(c2nc(OCC3(CN(C)C)CCCCC3)nc3c2CCCN(c2c(O)cccc2F)C3)C[C@@H]1CC#N. The van der Waals surface area contributed by atoms with Gasteiger partial charge in [0, 0.05) is 43.7 Å². The highest BCUT2D eigenvalue weighted by Gasteiger charge is 2.36. The second kappa shape index (κ2) is 13.8. The van der Waals surface area contributed by atoms with Crippen molar-refractivity contribution in [2.24, 2.45) is 5.41 Å². The first-order valence-corrected chi connectivity index (χ1v) is 15.7. The van der Waals surface area contributed by atoms with Gasteiger partial charge in [0.1, 0.15) is 23.1 Å². The van der Waals surface area contributed by atoms with Gasteiger partial charge in [-0.25, -0.2) is 4.39 Å². The van der Waals surface area contributed by atoms with E-state index in [4.69, 9.17) is 14.7 Å². The zero-order valence-corrected chi connectivity index (χ0v) is 26.0. The summed E-state index contributed by atoms with van der Waals surface area (Å²) in [6, 6.07) is 6.55. The van der Waals surface area contributed by atoms with Crippen LogP contribution in [0.2, 0.25) is 0 Å². The van der Waals surface area contributed by atoms with Crippen LogP contribution in [0.4, 0.5) is 15.9 Å². The summed E-state index contributed by atoms with van der Waals surface area (Å²) in [7, 11) is 4.18. The molecule has 0 bridgehead atoms. The summed E-state index contributed by atoms with van der Waals surface area (Å²) in [5.41, 5.74) is 1.87. The maximum Gasteiger partial charge on any atom is 0.318 e. The molecule has 236 valence electrons. The predicted octanol–water partition coefficient (Wildman–Crippen LogP) is 4.28. The largest absolute Gasteiger partial charge is 0.506 e. The number of nitrogens with zero attached hydrogens (tertiary/aromatic N) is 7. The number of piperazine rings is 1. The first kappa shape index (κ1) is 31.5. The molecule has 1 amide bonds. The van der Waals surface area contributed by atoms with E-state index in [2.05, 4.69) is 36.5 Å². The van der Waals surface area contributed by atoms with Gasteiger partial charge < -0.3 is 29.4 Å². The number of halogens is 1. The molecule has 1 aliphatic carbocycles. The third kappa shape index (κ3) is 6.91.